The molecule has 28 heavy (non-hydrogen) atoms. The maximum atomic E-state index is 12.6. The van der Waals surface area contributed by atoms with Gasteiger partial charge in [0.1, 0.15) is 18.5 Å². The predicted molar refractivity (Wildman–Crippen MR) is 92.8 cm³/mol. The van der Waals surface area contributed by atoms with Crippen LogP contribution in [0.4, 0.5) is 13.2 Å². The van der Waals surface area contributed by atoms with Crippen LogP contribution in [-0.4, -0.2) is 45.5 Å². The van der Waals surface area contributed by atoms with Crippen LogP contribution in [-0.2, 0) is 30.5 Å². The summed E-state index contributed by atoms with van der Waals surface area (Å²) in [6.07, 6.45) is -0.0809. The van der Waals surface area contributed by atoms with Crippen molar-refractivity contribution in [2.75, 3.05) is 13.2 Å². The van der Waals surface area contributed by atoms with Gasteiger partial charge >= 0.3 is 15.5 Å². The van der Waals surface area contributed by atoms with E-state index >= 15 is 0 Å². The van der Waals surface area contributed by atoms with Crippen LogP contribution >= 0.6 is 0 Å². The molecule has 0 amide bonds. The normalized spacial score (nSPS) is 17.8. The summed E-state index contributed by atoms with van der Waals surface area (Å²) in [6, 6.07) is 9.50. The van der Waals surface area contributed by atoms with Gasteiger partial charge in [-0.2, -0.15) is 13.2 Å². The summed E-state index contributed by atoms with van der Waals surface area (Å²) in [6.45, 7) is 0.745. The van der Waals surface area contributed by atoms with E-state index in [0.717, 1.165) is 0 Å². The molecule has 13 heteroatoms. The fourth-order valence-corrected chi connectivity index (χ4v) is 4.94. The van der Waals surface area contributed by atoms with Gasteiger partial charge in [0.2, 0.25) is 10.0 Å². The van der Waals surface area contributed by atoms with Gasteiger partial charge in [-0.05, 0) is 26.9 Å². The quantitative estimate of drug-likeness (QED) is 0.393. The smallest absolute Gasteiger partial charge is 0.490 e. The van der Waals surface area contributed by atoms with Crippen molar-refractivity contribution in [2.45, 2.75) is 17.4 Å². The van der Waals surface area contributed by atoms with Crippen LogP contribution < -0.4 is 10.6 Å². The molecule has 154 valence electrons. The Kier molecular flexibility index (Phi) is 5.31. The molecule has 0 aliphatic carbocycles. The van der Waals surface area contributed by atoms with Crippen molar-refractivity contribution in [1.29, 1.82) is 0 Å². The van der Waals surface area contributed by atoms with Crippen LogP contribution in [0.25, 0.3) is 10.8 Å². The number of hydrazine groups is 1. The Bertz CT molecular complexity index is 1100. The van der Waals surface area contributed by atoms with E-state index in [1.165, 1.54) is 12.1 Å². The van der Waals surface area contributed by atoms with Gasteiger partial charge in [0.05, 0.1) is 12.4 Å². The molecule has 0 radical (unpaired) electrons. The van der Waals surface area contributed by atoms with Crippen molar-refractivity contribution in [2.24, 2.45) is 5.84 Å². The Morgan fingerprint density at radius 2 is 1.82 bits per heavy atom. The molecule has 8 nitrogen and oxygen atoms in total. The highest BCUT2D eigenvalue weighted by atomic mass is 32.3. The molecule has 0 saturated carbocycles. The summed E-state index contributed by atoms with van der Waals surface area (Å²) in [5.41, 5.74) is -5.84. The summed E-state index contributed by atoms with van der Waals surface area (Å²) in [5.74, 6) is 4.03. The number of benzene rings is 2. The lowest BCUT2D eigenvalue weighted by molar-refractivity contribution is -0.0469. The summed E-state index contributed by atoms with van der Waals surface area (Å²) in [7, 11) is -11.3. The Hall–Kier alpha value is -1.93. The number of nitrogens with zero attached hydrogens (tertiary/aromatic N) is 1. The fourth-order valence-electron chi connectivity index (χ4n) is 2.41. The van der Waals surface area contributed by atoms with E-state index in [1.807, 2.05) is 0 Å². The number of halogens is 3. The second-order valence-electron chi connectivity index (χ2n) is 6.01. The molecule has 2 aromatic carbocycles. The standard InChI is InChI=1S/C15H15F3N2O6S2/c16-15(17,18)28(23,24)20(19)27(21,22)9-10-5-11-3-1-2-4-13(11)14(6-10)26-8-12-7-25-12/h1-6,12H,7-9,19H2. The number of hydrogen-bond donors (Lipinski definition) is 1. The van der Waals surface area contributed by atoms with Gasteiger partial charge in [0.15, 0.2) is 0 Å². The van der Waals surface area contributed by atoms with Crippen molar-refractivity contribution in [1.82, 2.24) is 3.82 Å². The minimum absolute atomic E-state index is 0.0123. The van der Waals surface area contributed by atoms with Gasteiger partial charge in [-0.25, -0.2) is 22.7 Å². The molecule has 1 atom stereocenters. The third-order valence-corrected chi connectivity index (χ3v) is 7.44. The molecule has 1 saturated heterocycles. The van der Waals surface area contributed by atoms with E-state index in [-0.39, 0.29) is 18.3 Å². The van der Waals surface area contributed by atoms with E-state index in [9.17, 15) is 30.0 Å². The van der Waals surface area contributed by atoms with Crippen LogP contribution in [0, 0.1) is 0 Å². The molecule has 1 aliphatic heterocycles. The third-order valence-electron chi connectivity index (χ3n) is 3.86. The first-order valence-electron chi connectivity index (χ1n) is 7.77. The number of nitrogens with two attached hydrogens (primary N) is 1. The Labute approximate surface area is 158 Å². The van der Waals surface area contributed by atoms with E-state index in [0.29, 0.717) is 23.1 Å². The Morgan fingerprint density at radius 1 is 1.18 bits per heavy atom. The van der Waals surface area contributed by atoms with Gasteiger partial charge in [0, 0.05) is 5.39 Å². The lowest BCUT2D eigenvalue weighted by atomic mass is 10.1. The number of sulfonamides is 2. The second-order valence-corrected chi connectivity index (χ2v) is 9.90. The van der Waals surface area contributed by atoms with Crippen molar-refractivity contribution in [3.8, 4) is 5.75 Å². The molecular weight excluding hydrogens is 425 g/mol. The molecule has 1 aliphatic rings. The predicted octanol–water partition coefficient (Wildman–Crippen LogP) is 1.47. The zero-order valence-corrected chi connectivity index (χ0v) is 15.7. The molecule has 0 bridgehead atoms. The lowest BCUT2D eigenvalue weighted by Crippen LogP contribution is -2.48. The van der Waals surface area contributed by atoms with Crippen molar-refractivity contribution >= 4 is 30.8 Å². The van der Waals surface area contributed by atoms with E-state index in [1.54, 1.807) is 24.3 Å². The first-order chi connectivity index (χ1) is 12.9. The largest absolute Gasteiger partial charge is 0.513 e. The van der Waals surface area contributed by atoms with E-state index < -0.39 is 35.1 Å². The number of alkyl halides is 3. The molecule has 0 spiro atoms. The number of ether oxygens (including phenoxy) is 2. The molecule has 0 aromatic heterocycles. The van der Waals surface area contributed by atoms with Gasteiger partial charge < -0.3 is 9.47 Å². The van der Waals surface area contributed by atoms with Crippen LogP contribution in [0.1, 0.15) is 5.56 Å². The van der Waals surface area contributed by atoms with Crippen molar-refractivity contribution < 1.29 is 39.5 Å². The lowest BCUT2D eigenvalue weighted by Gasteiger charge is -2.18. The summed E-state index contributed by atoms with van der Waals surface area (Å²) in [5, 5.41) is 1.21. The molecule has 2 N–H and O–H groups in total. The van der Waals surface area contributed by atoms with Crippen molar-refractivity contribution in [3.63, 3.8) is 0 Å². The molecule has 2 aromatic rings. The monoisotopic (exact) mass is 440 g/mol. The molecular formula is C15H15F3N2O6S2. The third kappa shape index (κ3) is 4.22. The molecule has 1 heterocycles. The number of epoxide rings is 1. The molecule has 3 rings (SSSR count). The van der Waals surface area contributed by atoms with Gasteiger partial charge in [-0.3, -0.25) is 0 Å². The maximum Gasteiger partial charge on any atom is 0.513 e. The highest BCUT2D eigenvalue weighted by Gasteiger charge is 2.53. The van der Waals surface area contributed by atoms with E-state index in [2.05, 4.69) is 0 Å². The van der Waals surface area contributed by atoms with Crippen LogP contribution in [0.5, 0.6) is 5.75 Å². The first-order valence-corrected chi connectivity index (χ1v) is 10.8. The number of rotatable bonds is 7. The van der Waals surface area contributed by atoms with Crippen LogP contribution in [0.2, 0.25) is 0 Å². The van der Waals surface area contributed by atoms with Gasteiger partial charge in [0.25, 0.3) is 0 Å². The zero-order valence-electron chi connectivity index (χ0n) is 14.1. The highest BCUT2D eigenvalue weighted by Crippen LogP contribution is 2.31. The molecule has 1 fully saturated rings. The Balaban J connectivity index is 1.94. The van der Waals surface area contributed by atoms with Gasteiger partial charge in [-0.1, -0.05) is 24.3 Å². The summed E-state index contributed by atoms with van der Waals surface area (Å²) in [4.78, 5) is 0. The van der Waals surface area contributed by atoms with Crippen LogP contribution in [0.3, 0.4) is 0 Å². The maximum absolute atomic E-state index is 12.6. The average Bonchev–Trinajstić information content (AvgIpc) is 3.42. The Morgan fingerprint density at radius 3 is 2.43 bits per heavy atom. The zero-order chi connectivity index (χ0) is 20.7. The number of hydrogen-bond acceptors (Lipinski definition) is 7. The second kappa shape index (κ2) is 7.15. The van der Waals surface area contributed by atoms with Gasteiger partial charge in [-0.15, -0.1) is 0 Å². The van der Waals surface area contributed by atoms with E-state index in [4.69, 9.17) is 15.3 Å². The molecule has 1 unspecified atom stereocenters. The first kappa shape index (κ1) is 20.8. The van der Waals surface area contributed by atoms with Crippen molar-refractivity contribution in [3.05, 3.63) is 42.0 Å². The average molecular weight is 440 g/mol. The number of fused-ring (bicyclic) bond motifs is 1. The highest BCUT2D eigenvalue weighted by molar-refractivity contribution is 8.03. The topological polar surface area (TPSA) is 119 Å². The van der Waals surface area contributed by atoms with Crippen LogP contribution in [0.15, 0.2) is 36.4 Å². The minimum Gasteiger partial charge on any atom is -0.490 e. The SMILES string of the molecule is NN(S(=O)(=O)Cc1cc(OCC2CO2)c2ccccc2c1)S(=O)(=O)C(F)(F)F. The summed E-state index contributed by atoms with van der Waals surface area (Å²) >= 11 is 0. The minimum atomic E-state index is -6.24. The summed E-state index contributed by atoms with van der Waals surface area (Å²) < 4.78 is 94.3. The fraction of sp³-hybridized carbons (Fsp3) is 0.333.